The number of benzene rings is 1. The molecule has 8 heteroatoms. The number of ketones is 1. The summed E-state index contributed by atoms with van der Waals surface area (Å²) >= 11 is 0. The van der Waals surface area contributed by atoms with Crippen molar-refractivity contribution in [1.29, 1.82) is 0 Å². The summed E-state index contributed by atoms with van der Waals surface area (Å²) in [5.41, 5.74) is -1.13. The molecule has 7 nitrogen and oxygen atoms in total. The van der Waals surface area contributed by atoms with Crippen molar-refractivity contribution in [2.75, 3.05) is 6.67 Å². The Morgan fingerprint density at radius 3 is 2.43 bits per heavy atom. The van der Waals surface area contributed by atoms with Gasteiger partial charge in [0.1, 0.15) is 24.4 Å². The third kappa shape index (κ3) is 5.75. The normalized spacial score (nSPS) is 13.5. The Bertz CT molecular complexity index is 993. The zero-order chi connectivity index (χ0) is 22.5. The van der Waals surface area contributed by atoms with Gasteiger partial charge in [0, 0.05) is 11.6 Å². The quantitative estimate of drug-likeness (QED) is 0.665. The average molecular weight is 418 g/mol. The molecule has 162 valence electrons. The zero-order valence-corrected chi connectivity index (χ0v) is 17.6. The van der Waals surface area contributed by atoms with Gasteiger partial charge in [0.05, 0.1) is 6.42 Å². The largest absolute Gasteiger partial charge is 0.460 e. The van der Waals surface area contributed by atoms with Crippen molar-refractivity contribution in [1.82, 2.24) is 9.88 Å². The number of nitrogens with one attached hydrogen (secondary N) is 1. The summed E-state index contributed by atoms with van der Waals surface area (Å²) in [5.74, 6) is -2.31. The second kappa shape index (κ2) is 9.65. The maximum Gasteiger partial charge on any atom is 0.308 e. The fourth-order valence-electron chi connectivity index (χ4n) is 3.11. The molecule has 1 aromatic carbocycles. The lowest BCUT2D eigenvalue weighted by Crippen LogP contribution is -2.47. The summed E-state index contributed by atoms with van der Waals surface area (Å²) in [4.78, 5) is 49.7. The number of esters is 1. The van der Waals surface area contributed by atoms with E-state index in [2.05, 4.69) is 5.32 Å². The average Bonchev–Trinajstić information content (AvgIpc) is 2.67. The molecule has 1 amide bonds. The van der Waals surface area contributed by atoms with Gasteiger partial charge in [-0.25, -0.2) is 4.39 Å². The van der Waals surface area contributed by atoms with Crippen molar-refractivity contribution >= 4 is 28.4 Å². The highest BCUT2D eigenvalue weighted by Crippen LogP contribution is 2.15. The second-order valence-corrected chi connectivity index (χ2v) is 7.99. The molecule has 2 atom stereocenters. The van der Waals surface area contributed by atoms with Crippen LogP contribution in [0.2, 0.25) is 0 Å². The number of rotatable bonds is 8. The molecule has 0 fully saturated rings. The maximum atomic E-state index is 13.0. The Hall–Kier alpha value is -3.03. The molecule has 0 aliphatic heterocycles. The Labute approximate surface area is 174 Å². The van der Waals surface area contributed by atoms with Crippen LogP contribution in [-0.2, 0) is 19.1 Å². The van der Waals surface area contributed by atoms with E-state index in [0.717, 1.165) is 5.39 Å². The zero-order valence-electron chi connectivity index (χ0n) is 17.6. The SMILES string of the molecule is CCC(C(=O)NC(CC(=O)OC(C)(C)C)C(=O)CF)n1ccc2ccccc2c1=O. The molecule has 1 aromatic heterocycles. The minimum Gasteiger partial charge on any atom is -0.460 e. The first-order valence-corrected chi connectivity index (χ1v) is 9.78. The van der Waals surface area contributed by atoms with Crippen molar-refractivity contribution < 1.29 is 23.5 Å². The van der Waals surface area contributed by atoms with Crippen LogP contribution < -0.4 is 10.9 Å². The number of nitrogens with zero attached hydrogens (tertiary/aromatic N) is 1. The number of hydrogen-bond acceptors (Lipinski definition) is 5. The molecule has 0 bridgehead atoms. The van der Waals surface area contributed by atoms with Crippen LogP contribution in [0.1, 0.15) is 46.6 Å². The first kappa shape index (κ1) is 23.3. The number of ether oxygens (including phenoxy) is 1. The van der Waals surface area contributed by atoms with Crippen molar-refractivity contribution in [2.24, 2.45) is 0 Å². The summed E-state index contributed by atoms with van der Waals surface area (Å²) in [6.45, 7) is 5.37. The lowest BCUT2D eigenvalue weighted by Gasteiger charge is -2.24. The lowest BCUT2D eigenvalue weighted by atomic mass is 10.1. The molecule has 0 saturated carbocycles. The Balaban J connectivity index is 2.26. The van der Waals surface area contributed by atoms with Crippen molar-refractivity contribution in [3.63, 3.8) is 0 Å². The van der Waals surface area contributed by atoms with Gasteiger partial charge >= 0.3 is 5.97 Å². The predicted molar refractivity (Wildman–Crippen MR) is 111 cm³/mol. The van der Waals surface area contributed by atoms with E-state index in [4.69, 9.17) is 4.74 Å². The minimum absolute atomic E-state index is 0.257. The molecular weight excluding hydrogens is 391 g/mol. The van der Waals surface area contributed by atoms with Crippen molar-refractivity contribution in [3.05, 3.63) is 46.9 Å². The Kier molecular flexibility index (Phi) is 7.48. The Morgan fingerprint density at radius 1 is 1.17 bits per heavy atom. The van der Waals surface area contributed by atoms with E-state index in [-0.39, 0.29) is 12.0 Å². The third-order valence-electron chi connectivity index (χ3n) is 4.49. The van der Waals surface area contributed by atoms with Gasteiger partial charge in [-0.3, -0.25) is 19.2 Å². The number of alkyl halides is 1. The van der Waals surface area contributed by atoms with Gasteiger partial charge in [-0.2, -0.15) is 0 Å². The molecule has 0 aliphatic rings. The number of pyridine rings is 1. The summed E-state index contributed by atoms with van der Waals surface area (Å²) in [5, 5.41) is 3.62. The van der Waals surface area contributed by atoms with Gasteiger partial charge < -0.3 is 14.6 Å². The summed E-state index contributed by atoms with van der Waals surface area (Å²) in [6, 6.07) is 6.41. The van der Waals surface area contributed by atoms with E-state index in [1.807, 2.05) is 0 Å². The van der Waals surface area contributed by atoms with Crippen LogP contribution in [0.15, 0.2) is 41.3 Å². The molecule has 0 aliphatic carbocycles. The molecule has 2 unspecified atom stereocenters. The fraction of sp³-hybridized carbons (Fsp3) is 0.455. The van der Waals surface area contributed by atoms with Crippen LogP contribution in [0.5, 0.6) is 0 Å². The van der Waals surface area contributed by atoms with E-state index in [9.17, 15) is 23.6 Å². The van der Waals surface area contributed by atoms with Crippen LogP contribution in [0.25, 0.3) is 10.8 Å². The van der Waals surface area contributed by atoms with Gasteiger partial charge in [-0.1, -0.05) is 25.1 Å². The van der Waals surface area contributed by atoms with Gasteiger partial charge in [0.15, 0.2) is 5.78 Å². The molecule has 0 saturated heterocycles. The second-order valence-electron chi connectivity index (χ2n) is 7.99. The van der Waals surface area contributed by atoms with Crippen molar-refractivity contribution in [3.8, 4) is 0 Å². The first-order valence-electron chi connectivity index (χ1n) is 9.78. The van der Waals surface area contributed by atoms with Crippen LogP contribution in [0.3, 0.4) is 0 Å². The van der Waals surface area contributed by atoms with Gasteiger partial charge in [-0.05, 0) is 44.7 Å². The van der Waals surface area contributed by atoms with Gasteiger partial charge in [0.25, 0.3) is 5.56 Å². The molecule has 30 heavy (non-hydrogen) atoms. The summed E-state index contributed by atoms with van der Waals surface area (Å²) < 4.78 is 19.5. The third-order valence-corrected chi connectivity index (χ3v) is 4.49. The number of fused-ring (bicyclic) bond motifs is 1. The highest BCUT2D eigenvalue weighted by molar-refractivity contribution is 5.94. The number of Topliss-reactive ketones (excluding diaryl/α,β-unsaturated/α-hetero) is 1. The number of hydrogen-bond donors (Lipinski definition) is 1. The lowest BCUT2D eigenvalue weighted by molar-refractivity contribution is -0.156. The van der Waals surface area contributed by atoms with E-state index in [1.54, 1.807) is 58.0 Å². The molecule has 1 heterocycles. The van der Waals surface area contributed by atoms with E-state index >= 15 is 0 Å². The number of carbonyl (C=O) groups excluding carboxylic acids is 3. The predicted octanol–water partition coefficient (Wildman–Crippen LogP) is 2.71. The molecule has 1 N–H and O–H groups in total. The highest BCUT2D eigenvalue weighted by Gasteiger charge is 2.29. The number of aromatic nitrogens is 1. The standard InChI is InChI=1S/C22H27FN2O5/c1-5-17(25-11-10-14-8-6-7-9-15(14)21(25)29)20(28)24-16(18(26)13-23)12-19(27)30-22(2,3)4/h6-11,16-17H,5,12-13H2,1-4H3,(H,24,28). The monoisotopic (exact) mass is 418 g/mol. The molecule has 2 rings (SSSR count). The Morgan fingerprint density at radius 2 is 1.83 bits per heavy atom. The van der Waals surface area contributed by atoms with Crippen LogP contribution in [-0.4, -0.2) is 40.5 Å². The molecule has 0 radical (unpaired) electrons. The van der Waals surface area contributed by atoms with Crippen LogP contribution in [0.4, 0.5) is 4.39 Å². The smallest absolute Gasteiger partial charge is 0.308 e. The van der Waals surface area contributed by atoms with Gasteiger partial charge in [0.2, 0.25) is 5.91 Å². The highest BCUT2D eigenvalue weighted by atomic mass is 19.1. The fourth-order valence-corrected chi connectivity index (χ4v) is 3.11. The summed E-state index contributed by atoms with van der Waals surface area (Å²) in [7, 11) is 0. The topological polar surface area (TPSA) is 94.5 Å². The molecule has 2 aromatic rings. The maximum absolute atomic E-state index is 13.0. The number of halogens is 1. The van der Waals surface area contributed by atoms with Crippen molar-refractivity contribution in [2.45, 2.75) is 58.2 Å². The molecule has 0 spiro atoms. The van der Waals surface area contributed by atoms with Crippen LogP contribution >= 0.6 is 0 Å². The first-order chi connectivity index (χ1) is 14.1. The summed E-state index contributed by atoms with van der Waals surface area (Å²) in [6.07, 6.45) is 1.28. The van der Waals surface area contributed by atoms with E-state index in [1.165, 1.54) is 10.8 Å². The number of amides is 1. The van der Waals surface area contributed by atoms with Crippen LogP contribution in [0, 0.1) is 0 Å². The number of carbonyl (C=O) groups is 3. The van der Waals surface area contributed by atoms with E-state index in [0.29, 0.717) is 5.39 Å². The minimum atomic E-state index is -1.37. The molecular formula is C22H27FN2O5. The van der Waals surface area contributed by atoms with Gasteiger partial charge in [-0.15, -0.1) is 0 Å². The van der Waals surface area contributed by atoms with E-state index < -0.39 is 48.4 Å².